The van der Waals surface area contributed by atoms with E-state index in [2.05, 4.69) is 20.2 Å². The summed E-state index contributed by atoms with van der Waals surface area (Å²) >= 11 is 0. The van der Waals surface area contributed by atoms with Crippen molar-refractivity contribution in [1.29, 1.82) is 0 Å². The number of ether oxygens (including phenoxy) is 2. The molecular formula is C33H35F2N7O4. The number of amides is 2. The first kappa shape index (κ1) is 32.2. The molecule has 1 aromatic carbocycles. The van der Waals surface area contributed by atoms with Crippen LogP contribution in [0.5, 0.6) is 0 Å². The number of nitrogens with zero attached hydrogens (tertiary/aromatic N) is 7. The molecule has 5 rings (SSSR count). The molecule has 0 saturated heterocycles. The van der Waals surface area contributed by atoms with E-state index in [1.54, 1.807) is 82.8 Å². The molecule has 0 fully saturated rings. The maximum atomic E-state index is 15.1. The molecule has 1 atom stereocenters. The van der Waals surface area contributed by atoms with E-state index < -0.39 is 29.3 Å². The van der Waals surface area contributed by atoms with Crippen LogP contribution >= 0.6 is 0 Å². The Morgan fingerprint density at radius 2 is 1.54 bits per heavy atom. The molecule has 240 valence electrons. The number of imide groups is 1. The molecule has 0 N–H and O–H groups in total. The maximum Gasteiger partial charge on any atom is 0.427 e. The van der Waals surface area contributed by atoms with Gasteiger partial charge in [0.1, 0.15) is 17.0 Å². The number of anilines is 1. The van der Waals surface area contributed by atoms with E-state index >= 15 is 4.39 Å². The van der Waals surface area contributed by atoms with Crippen molar-refractivity contribution in [3.8, 4) is 22.3 Å². The Morgan fingerprint density at radius 1 is 0.891 bits per heavy atom. The average Bonchev–Trinajstić information content (AvgIpc) is 3.60. The summed E-state index contributed by atoms with van der Waals surface area (Å²) in [6.45, 7) is 12.0. The first-order valence-electron chi connectivity index (χ1n) is 14.7. The summed E-state index contributed by atoms with van der Waals surface area (Å²) in [5.74, 6) is -1.29. The number of fused-ring (bicyclic) bond motifs is 1. The van der Waals surface area contributed by atoms with Crippen LogP contribution in [0.4, 0.5) is 24.3 Å². The molecule has 0 bridgehead atoms. The third kappa shape index (κ3) is 7.19. The number of rotatable bonds is 6. The van der Waals surface area contributed by atoms with Crippen LogP contribution < -0.4 is 4.90 Å². The summed E-state index contributed by atoms with van der Waals surface area (Å²) in [6.07, 6.45) is 5.16. The number of benzene rings is 1. The van der Waals surface area contributed by atoms with Gasteiger partial charge in [0, 0.05) is 35.3 Å². The second-order valence-electron chi connectivity index (χ2n) is 12.7. The van der Waals surface area contributed by atoms with Gasteiger partial charge < -0.3 is 9.47 Å². The quantitative estimate of drug-likeness (QED) is 0.176. The van der Waals surface area contributed by atoms with Crippen molar-refractivity contribution in [1.82, 2.24) is 29.4 Å². The fraction of sp³-hybridized carbons (Fsp3) is 0.333. The van der Waals surface area contributed by atoms with Gasteiger partial charge in [-0.2, -0.15) is 14.5 Å². The molecule has 0 aliphatic rings. The topological polar surface area (TPSA) is 117 Å². The summed E-state index contributed by atoms with van der Waals surface area (Å²) in [7, 11) is 0. The third-order valence-corrected chi connectivity index (χ3v) is 6.72. The highest BCUT2D eigenvalue weighted by Crippen LogP contribution is 2.30. The first-order valence-corrected chi connectivity index (χ1v) is 14.7. The van der Waals surface area contributed by atoms with Gasteiger partial charge in [-0.1, -0.05) is 19.1 Å². The molecule has 1 unspecified atom stereocenters. The smallest absolute Gasteiger partial charge is 0.427 e. The van der Waals surface area contributed by atoms with Gasteiger partial charge in [-0.25, -0.2) is 23.5 Å². The molecule has 4 aromatic heterocycles. The molecule has 0 radical (unpaired) electrons. The minimum absolute atomic E-state index is 0.118. The van der Waals surface area contributed by atoms with E-state index in [4.69, 9.17) is 9.47 Å². The molecule has 2 amide bonds. The minimum atomic E-state index is -1.01. The molecule has 4 heterocycles. The molecule has 13 heteroatoms. The van der Waals surface area contributed by atoms with E-state index in [0.29, 0.717) is 21.6 Å². The number of hydrogen-bond donors (Lipinski definition) is 0. The SMILES string of the molecule is CCC(c1ccc(F)cc1)n1cc(-c2cnc(F)c(-c3ccn4nc(N(C(=O)OC(C)(C)C)C(=O)OC(C)(C)C)nc4c3)c2)cn1. The summed E-state index contributed by atoms with van der Waals surface area (Å²) in [5, 5.41) is 8.80. The Labute approximate surface area is 264 Å². The molecule has 0 aliphatic heterocycles. The Morgan fingerprint density at radius 3 is 2.15 bits per heavy atom. The van der Waals surface area contributed by atoms with Gasteiger partial charge in [0.05, 0.1) is 12.2 Å². The van der Waals surface area contributed by atoms with Gasteiger partial charge in [0.15, 0.2) is 5.65 Å². The standard InChI is InChI=1S/C33H35F2N7O4/c1-8-26(20-9-11-24(34)12-10-20)41-19-23(18-37-41)22-15-25(28(35)36-17-22)21-13-14-40-27(16-21)38-29(39-40)42(30(43)45-32(2,3)4)31(44)46-33(5,6)7/h9-19,26H,8H2,1-7H3. The van der Waals surface area contributed by atoms with Crippen molar-refractivity contribution < 1.29 is 27.8 Å². The lowest BCUT2D eigenvalue weighted by molar-refractivity contribution is 0.0427. The van der Waals surface area contributed by atoms with Crippen molar-refractivity contribution in [2.75, 3.05) is 4.90 Å². The number of hydrogen-bond acceptors (Lipinski definition) is 8. The van der Waals surface area contributed by atoms with Crippen LogP contribution in [-0.2, 0) is 9.47 Å². The number of pyridine rings is 2. The number of aromatic nitrogens is 6. The van der Waals surface area contributed by atoms with Gasteiger partial charge in [0.25, 0.3) is 5.95 Å². The number of carbonyl (C=O) groups excluding carboxylic acids is 2. The maximum absolute atomic E-state index is 15.1. The van der Waals surface area contributed by atoms with Gasteiger partial charge in [-0.3, -0.25) is 4.68 Å². The zero-order chi connectivity index (χ0) is 33.4. The van der Waals surface area contributed by atoms with Gasteiger partial charge in [-0.15, -0.1) is 10.00 Å². The van der Waals surface area contributed by atoms with Crippen molar-refractivity contribution in [2.45, 2.75) is 72.1 Å². The minimum Gasteiger partial charge on any atom is -0.443 e. The largest absolute Gasteiger partial charge is 0.443 e. The molecule has 0 saturated carbocycles. The molecule has 11 nitrogen and oxygen atoms in total. The molecule has 46 heavy (non-hydrogen) atoms. The summed E-state index contributed by atoms with van der Waals surface area (Å²) in [5.41, 5.74) is 1.29. The van der Waals surface area contributed by atoms with Crippen LogP contribution in [0, 0.1) is 11.8 Å². The monoisotopic (exact) mass is 631 g/mol. The highest BCUT2D eigenvalue weighted by atomic mass is 19.1. The Hall–Kier alpha value is -5.20. The Kier molecular flexibility index (Phi) is 8.61. The van der Waals surface area contributed by atoms with Crippen molar-refractivity contribution in [2.24, 2.45) is 0 Å². The van der Waals surface area contributed by atoms with E-state index in [9.17, 15) is 14.0 Å². The predicted octanol–water partition coefficient (Wildman–Crippen LogP) is 7.61. The number of halogens is 2. The lowest BCUT2D eigenvalue weighted by Crippen LogP contribution is -2.44. The Balaban J connectivity index is 1.47. The van der Waals surface area contributed by atoms with Crippen molar-refractivity contribution >= 4 is 23.8 Å². The highest BCUT2D eigenvalue weighted by molar-refractivity contribution is 6.08. The summed E-state index contributed by atoms with van der Waals surface area (Å²) < 4.78 is 42.6. The molecule has 0 spiro atoms. The molecule has 0 aliphatic carbocycles. The summed E-state index contributed by atoms with van der Waals surface area (Å²) in [4.78, 5) is 35.1. The van der Waals surface area contributed by atoms with Crippen LogP contribution in [0.1, 0.15) is 66.5 Å². The van der Waals surface area contributed by atoms with E-state index in [-0.39, 0.29) is 29.0 Å². The molecular weight excluding hydrogens is 596 g/mol. The lowest BCUT2D eigenvalue weighted by atomic mass is 10.0. The van der Waals surface area contributed by atoms with Crippen LogP contribution in [0.3, 0.4) is 0 Å². The first-order chi connectivity index (χ1) is 21.6. The second kappa shape index (κ2) is 12.3. The zero-order valence-corrected chi connectivity index (χ0v) is 26.7. The van der Waals surface area contributed by atoms with Crippen LogP contribution in [0.2, 0.25) is 0 Å². The highest BCUT2D eigenvalue weighted by Gasteiger charge is 2.35. The molecule has 5 aromatic rings. The Bertz CT molecular complexity index is 1860. The van der Waals surface area contributed by atoms with E-state index in [0.717, 1.165) is 12.0 Å². The van der Waals surface area contributed by atoms with E-state index in [1.807, 2.05) is 13.1 Å². The van der Waals surface area contributed by atoms with Crippen molar-refractivity contribution in [3.63, 3.8) is 0 Å². The lowest BCUT2D eigenvalue weighted by Gasteiger charge is -2.26. The van der Waals surface area contributed by atoms with Crippen LogP contribution in [0.15, 0.2) is 67.3 Å². The summed E-state index contributed by atoms with van der Waals surface area (Å²) in [6, 6.07) is 11.0. The van der Waals surface area contributed by atoms with E-state index in [1.165, 1.54) is 29.0 Å². The van der Waals surface area contributed by atoms with Crippen LogP contribution in [0.25, 0.3) is 27.9 Å². The van der Waals surface area contributed by atoms with Gasteiger partial charge in [0.2, 0.25) is 5.95 Å². The predicted molar refractivity (Wildman–Crippen MR) is 167 cm³/mol. The van der Waals surface area contributed by atoms with Crippen LogP contribution in [-0.4, -0.2) is 52.8 Å². The van der Waals surface area contributed by atoms with Gasteiger partial charge >= 0.3 is 12.2 Å². The van der Waals surface area contributed by atoms with Crippen molar-refractivity contribution in [3.05, 3.63) is 84.6 Å². The zero-order valence-electron chi connectivity index (χ0n) is 26.7. The fourth-order valence-electron chi connectivity index (χ4n) is 4.71. The second-order valence-corrected chi connectivity index (χ2v) is 12.7. The number of carbonyl (C=O) groups is 2. The van der Waals surface area contributed by atoms with Gasteiger partial charge in [-0.05, 0) is 89.4 Å². The average molecular weight is 632 g/mol. The third-order valence-electron chi connectivity index (χ3n) is 6.72. The normalized spacial score (nSPS) is 12.6. The fourth-order valence-corrected chi connectivity index (χ4v) is 4.71.